The quantitative estimate of drug-likeness (QED) is 0.498. The minimum atomic E-state index is -0.765. The van der Waals surface area contributed by atoms with E-state index in [0.29, 0.717) is 5.41 Å². The van der Waals surface area contributed by atoms with Gasteiger partial charge < -0.3 is 20.4 Å². The van der Waals surface area contributed by atoms with Crippen LogP contribution in [0.4, 0.5) is 4.79 Å². The number of nitrogens with zero attached hydrogens (tertiary/aromatic N) is 1. The number of hydrogen-bond donors (Lipinski definition) is 3. The lowest BCUT2D eigenvalue weighted by Crippen LogP contribution is -2.61. The summed E-state index contributed by atoms with van der Waals surface area (Å²) in [6, 6.07) is 0. The molecule has 0 unspecified atom stereocenters. The minimum absolute atomic E-state index is 0.250. The molecule has 2 fully saturated rings. The van der Waals surface area contributed by atoms with Crippen LogP contribution in [-0.4, -0.2) is 53.9 Å². The first-order valence-electron chi connectivity index (χ1n) is 4.90. The van der Waals surface area contributed by atoms with E-state index in [1.54, 1.807) is 0 Å². The van der Waals surface area contributed by atoms with Crippen LogP contribution in [-0.2, 0) is 4.79 Å². The molecule has 0 bridgehead atoms. The maximum Gasteiger partial charge on any atom is 0.407 e. The van der Waals surface area contributed by atoms with Gasteiger partial charge in [0.15, 0.2) is 0 Å². The first kappa shape index (κ1) is 11.8. The molecule has 0 aromatic rings. The van der Waals surface area contributed by atoms with Crippen LogP contribution in [0.3, 0.4) is 0 Å². The molecule has 1 spiro atoms. The summed E-state index contributed by atoms with van der Waals surface area (Å²) in [5.41, 5.74) is 0.337. The first-order chi connectivity index (χ1) is 7.13. The number of carbonyl (C=O) groups is 2. The second-order valence-electron chi connectivity index (χ2n) is 3.99. The topological polar surface area (TPSA) is 89.9 Å². The molecule has 2 aliphatic heterocycles. The van der Waals surface area contributed by atoms with Crippen LogP contribution in [0.5, 0.6) is 0 Å². The minimum Gasteiger partial charge on any atom is -0.483 e. The second kappa shape index (κ2) is 4.97. The lowest BCUT2D eigenvalue weighted by molar-refractivity contribution is -0.122. The lowest BCUT2D eigenvalue weighted by Gasteiger charge is -2.51. The summed E-state index contributed by atoms with van der Waals surface area (Å²) in [7, 11) is 0. The number of nitrogens with one attached hydrogen (secondary N) is 1. The van der Waals surface area contributed by atoms with Crippen LogP contribution < -0.4 is 5.32 Å². The fourth-order valence-electron chi connectivity index (χ4n) is 2.17. The summed E-state index contributed by atoms with van der Waals surface area (Å²) < 4.78 is 0. The Hall–Kier alpha value is -1.30. The van der Waals surface area contributed by atoms with Crippen molar-refractivity contribution in [3.8, 4) is 0 Å². The molecule has 6 nitrogen and oxygen atoms in total. The van der Waals surface area contributed by atoms with Crippen molar-refractivity contribution >= 4 is 12.6 Å². The Labute approximate surface area is 87.9 Å². The number of piperidine rings is 1. The Bertz CT molecular complexity index is 230. The molecule has 2 rings (SSSR count). The summed E-state index contributed by atoms with van der Waals surface area (Å²) in [5.74, 6) is 0. The third-order valence-corrected chi connectivity index (χ3v) is 2.99. The van der Waals surface area contributed by atoms with Crippen molar-refractivity contribution in [3.05, 3.63) is 0 Å². The molecule has 3 N–H and O–H groups in total. The molecule has 0 aromatic carbocycles. The van der Waals surface area contributed by atoms with Crippen LogP contribution in [0.15, 0.2) is 0 Å². The highest BCUT2D eigenvalue weighted by Crippen LogP contribution is 2.38. The lowest BCUT2D eigenvalue weighted by atomic mass is 9.73. The molecule has 0 radical (unpaired) electrons. The van der Waals surface area contributed by atoms with Crippen LogP contribution in [0.1, 0.15) is 12.8 Å². The Morgan fingerprint density at radius 2 is 1.80 bits per heavy atom. The Morgan fingerprint density at radius 3 is 2.20 bits per heavy atom. The van der Waals surface area contributed by atoms with E-state index in [1.807, 2.05) is 0 Å². The van der Waals surface area contributed by atoms with Gasteiger partial charge in [-0.1, -0.05) is 0 Å². The van der Waals surface area contributed by atoms with Crippen molar-refractivity contribution < 1.29 is 19.8 Å². The van der Waals surface area contributed by atoms with Gasteiger partial charge in [0.2, 0.25) is 0 Å². The van der Waals surface area contributed by atoms with E-state index < -0.39 is 6.09 Å². The molecule has 0 atom stereocenters. The Morgan fingerprint density at radius 1 is 1.33 bits per heavy atom. The van der Waals surface area contributed by atoms with Crippen molar-refractivity contribution in [2.45, 2.75) is 12.8 Å². The molecular weight excluding hydrogens is 200 g/mol. The van der Waals surface area contributed by atoms with Gasteiger partial charge >= 0.3 is 6.09 Å². The molecule has 2 saturated heterocycles. The summed E-state index contributed by atoms with van der Waals surface area (Å²) in [6.45, 7) is 3.36. The zero-order valence-electron chi connectivity index (χ0n) is 8.48. The van der Waals surface area contributed by atoms with Crippen LogP contribution in [0.2, 0.25) is 0 Å². The maximum absolute atomic E-state index is 10.5. The van der Waals surface area contributed by atoms with Gasteiger partial charge in [-0.05, 0) is 25.9 Å². The normalized spacial score (nSPS) is 22.3. The number of hydrogen-bond acceptors (Lipinski definition) is 3. The third kappa shape index (κ3) is 2.82. The molecule has 0 aliphatic carbocycles. The molecule has 0 saturated carbocycles. The summed E-state index contributed by atoms with van der Waals surface area (Å²) in [4.78, 5) is 20.4. The molecule has 0 aromatic heterocycles. The smallest absolute Gasteiger partial charge is 0.407 e. The summed E-state index contributed by atoms with van der Waals surface area (Å²) in [5, 5.41) is 18.8. The monoisotopic (exact) mass is 216 g/mol. The molecular formula is C9H16N2O4. The van der Waals surface area contributed by atoms with E-state index in [4.69, 9.17) is 15.0 Å². The van der Waals surface area contributed by atoms with Gasteiger partial charge in [-0.15, -0.1) is 0 Å². The van der Waals surface area contributed by atoms with Gasteiger partial charge in [0.05, 0.1) is 0 Å². The van der Waals surface area contributed by atoms with Gasteiger partial charge in [0.25, 0.3) is 6.47 Å². The summed E-state index contributed by atoms with van der Waals surface area (Å²) in [6.07, 6.45) is 1.51. The van der Waals surface area contributed by atoms with Crippen molar-refractivity contribution in [3.63, 3.8) is 0 Å². The SMILES string of the molecule is O=C(O)N1CC2(CCNCC2)C1.O=CO. The zero-order valence-corrected chi connectivity index (χ0v) is 8.48. The molecule has 2 aliphatic rings. The first-order valence-corrected chi connectivity index (χ1v) is 4.90. The molecule has 15 heavy (non-hydrogen) atoms. The van der Waals surface area contributed by atoms with E-state index in [2.05, 4.69) is 5.32 Å². The fraction of sp³-hybridized carbons (Fsp3) is 0.778. The van der Waals surface area contributed by atoms with Crippen LogP contribution in [0, 0.1) is 5.41 Å². The van der Waals surface area contributed by atoms with Crippen molar-refractivity contribution in [1.82, 2.24) is 10.2 Å². The average molecular weight is 216 g/mol. The number of rotatable bonds is 0. The fourth-order valence-corrected chi connectivity index (χ4v) is 2.17. The van der Waals surface area contributed by atoms with Gasteiger partial charge in [-0.2, -0.15) is 0 Å². The molecule has 1 amide bonds. The highest BCUT2D eigenvalue weighted by Gasteiger charge is 2.45. The highest BCUT2D eigenvalue weighted by molar-refractivity contribution is 5.66. The van der Waals surface area contributed by atoms with Crippen LogP contribution >= 0.6 is 0 Å². The molecule has 2 heterocycles. The van der Waals surface area contributed by atoms with Gasteiger partial charge in [-0.3, -0.25) is 4.79 Å². The van der Waals surface area contributed by atoms with Crippen molar-refractivity contribution in [2.24, 2.45) is 5.41 Å². The third-order valence-electron chi connectivity index (χ3n) is 2.99. The maximum atomic E-state index is 10.5. The van der Waals surface area contributed by atoms with E-state index >= 15 is 0 Å². The zero-order chi connectivity index (χ0) is 11.3. The van der Waals surface area contributed by atoms with E-state index in [9.17, 15) is 4.79 Å². The predicted molar refractivity (Wildman–Crippen MR) is 52.8 cm³/mol. The van der Waals surface area contributed by atoms with Gasteiger partial charge in [-0.25, -0.2) is 4.79 Å². The standard InChI is InChI=1S/C8H14N2O2.CH2O2/c11-7(12)10-5-8(6-10)1-3-9-4-2-8;2-1-3/h9H,1-6H2,(H,11,12);1H,(H,2,3). The largest absolute Gasteiger partial charge is 0.483 e. The van der Waals surface area contributed by atoms with Crippen LogP contribution in [0.25, 0.3) is 0 Å². The Kier molecular flexibility index (Phi) is 3.90. The Balaban J connectivity index is 0.000000337. The predicted octanol–water partition coefficient (Wildman–Crippen LogP) is 0.0506. The number of carboxylic acid groups (broad SMARTS) is 2. The summed E-state index contributed by atoms with van der Waals surface area (Å²) >= 11 is 0. The van der Waals surface area contributed by atoms with E-state index in [-0.39, 0.29) is 6.47 Å². The number of likely N-dealkylation sites (tertiary alicyclic amines) is 1. The average Bonchev–Trinajstić information content (AvgIpc) is 2.16. The highest BCUT2D eigenvalue weighted by atomic mass is 16.4. The van der Waals surface area contributed by atoms with E-state index in [0.717, 1.165) is 39.0 Å². The number of amides is 1. The molecule has 86 valence electrons. The van der Waals surface area contributed by atoms with Crippen molar-refractivity contribution in [1.29, 1.82) is 0 Å². The van der Waals surface area contributed by atoms with Gasteiger partial charge in [0.1, 0.15) is 0 Å². The second-order valence-corrected chi connectivity index (χ2v) is 3.99. The van der Waals surface area contributed by atoms with E-state index in [1.165, 1.54) is 4.90 Å². The van der Waals surface area contributed by atoms with Gasteiger partial charge in [0, 0.05) is 18.5 Å². The van der Waals surface area contributed by atoms with Crippen molar-refractivity contribution in [2.75, 3.05) is 26.2 Å². The molecule has 6 heteroatoms.